The Hall–Kier alpha value is -3.95. The topological polar surface area (TPSA) is 122 Å². The third-order valence-electron chi connectivity index (χ3n) is 6.99. The predicted molar refractivity (Wildman–Crippen MR) is 153 cm³/mol. The number of hydrogen-bond donors (Lipinski definition) is 4. The minimum atomic E-state index is -1.08. The van der Waals surface area contributed by atoms with E-state index in [-0.39, 0.29) is 37.2 Å². The number of aliphatic hydroxyl groups excluding tert-OH is 1. The normalized spacial score (nSPS) is 13.3. The summed E-state index contributed by atoms with van der Waals surface area (Å²) in [6.07, 6.45) is -0.176. The molecular formula is C32H37F2N3O4. The number of amides is 2. The Morgan fingerprint density at radius 1 is 0.927 bits per heavy atom. The fourth-order valence-corrected chi connectivity index (χ4v) is 4.71. The minimum Gasteiger partial charge on any atom is -0.390 e. The summed E-state index contributed by atoms with van der Waals surface area (Å²) in [5.41, 5.74) is 9.18. The second kappa shape index (κ2) is 15.2. The van der Waals surface area contributed by atoms with Crippen LogP contribution in [0.5, 0.6) is 0 Å². The SMILES string of the molecule is CCc1cccc(CNC[C@@H](O)[C@H](Cc2cc(F)cc(F)c2)NC(=O)CCC(C(N)=O)c2ccc(C(C)=O)cc2)c1. The van der Waals surface area contributed by atoms with Crippen LogP contribution in [0.4, 0.5) is 8.78 Å². The summed E-state index contributed by atoms with van der Waals surface area (Å²) < 4.78 is 27.7. The van der Waals surface area contributed by atoms with E-state index >= 15 is 0 Å². The summed E-state index contributed by atoms with van der Waals surface area (Å²) in [5.74, 6) is -3.45. The third kappa shape index (κ3) is 9.88. The second-order valence-electron chi connectivity index (χ2n) is 10.2. The lowest BCUT2D eigenvalue weighted by Crippen LogP contribution is -2.48. The summed E-state index contributed by atoms with van der Waals surface area (Å²) in [7, 11) is 0. The first-order chi connectivity index (χ1) is 19.5. The van der Waals surface area contributed by atoms with Crippen LogP contribution in [0.2, 0.25) is 0 Å². The standard InChI is InChI=1S/C32H37F2N3O4/c1-3-21-5-4-6-22(13-21)18-36-19-30(39)29(16-23-14-26(33)17-27(34)15-23)37-31(40)12-11-28(32(35)41)25-9-7-24(8-10-25)20(2)38/h4-10,13-15,17,28-30,36,39H,3,11-12,16,18-19H2,1-2H3,(H2,35,41)(H,37,40)/t28?,29-,30+/m0/s1. The Labute approximate surface area is 239 Å². The first-order valence-electron chi connectivity index (χ1n) is 13.7. The van der Waals surface area contributed by atoms with Gasteiger partial charge in [-0.3, -0.25) is 14.4 Å². The highest BCUT2D eigenvalue weighted by atomic mass is 19.1. The lowest BCUT2D eigenvalue weighted by Gasteiger charge is -2.25. The van der Waals surface area contributed by atoms with Gasteiger partial charge in [-0.2, -0.15) is 0 Å². The quantitative estimate of drug-likeness (QED) is 0.208. The number of benzene rings is 3. The number of aryl methyl sites for hydroxylation is 1. The summed E-state index contributed by atoms with van der Waals surface area (Å²) >= 11 is 0. The molecule has 1 unspecified atom stereocenters. The average molecular weight is 566 g/mol. The van der Waals surface area contributed by atoms with Gasteiger partial charge in [0.2, 0.25) is 11.8 Å². The van der Waals surface area contributed by atoms with Crippen LogP contribution in [0.1, 0.15) is 65.2 Å². The molecular weight excluding hydrogens is 528 g/mol. The van der Waals surface area contributed by atoms with Crippen molar-refractivity contribution in [3.8, 4) is 0 Å². The Morgan fingerprint density at radius 2 is 1.59 bits per heavy atom. The van der Waals surface area contributed by atoms with Crippen LogP contribution in [0.25, 0.3) is 0 Å². The molecule has 3 aromatic carbocycles. The van der Waals surface area contributed by atoms with E-state index in [0.717, 1.165) is 30.2 Å². The molecule has 3 rings (SSSR count). The fourth-order valence-electron chi connectivity index (χ4n) is 4.71. The van der Waals surface area contributed by atoms with E-state index < -0.39 is 41.5 Å². The zero-order valence-electron chi connectivity index (χ0n) is 23.3. The van der Waals surface area contributed by atoms with E-state index in [0.29, 0.717) is 17.7 Å². The van der Waals surface area contributed by atoms with Gasteiger partial charge in [-0.25, -0.2) is 8.78 Å². The highest BCUT2D eigenvalue weighted by molar-refractivity contribution is 5.94. The third-order valence-corrected chi connectivity index (χ3v) is 6.99. The Balaban J connectivity index is 1.67. The number of carbonyl (C=O) groups is 3. The zero-order chi connectivity index (χ0) is 29.9. The van der Waals surface area contributed by atoms with E-state index in [9.17, 15) is 28.3 Å². The monoisotopic (exact) mass is 565 g/mol. The molecule has 5 N–H and O–H groups in total. The predicted octanol–water partition coefficient (Wildman–Crippen LogP) is 3.96. The number of carbonyl (C=O) groups excluding carboxylic acids is 3. The molecule has 41 heavy (non-hydrogen) atoms. The van der Waals surface area contributed by atoms with Gasteiger partial charge in [0.25, 0.3) is 0 Å². The highest BCUT2D eigenvalue weighted by Crippen LogP contribution is 2.22. The zero-order valence-corrected chi connectivity index (χ0v) is 23.3. The van der Waals surface area contributed by atoms with Crippen LogP contribution >= 0.6 is 0 Å². The maximum atomic E-state index is 13.8. The smallest absolute Gasteiger partial charge is 0.224 e. The lowest BCUT2D eigenvalue weighted by atomic mass is 9.92. The molecule has 0 bridgehead atoms. The van der Waals surface area contributed by atoms with Crippen molar-refractivity contribution in [2.45, 2.75) is 64.1 Å². The van der Waals surface area contributed by atoms with Crippen LogP contribution in [-0.2, 0) is 29.0 Å². The molecule has 9 heteroatoms. The van der Waals surface area contributed by atoms with Crippen molar-refractivity contribution in [1.29, 1.82) is 0 Å². The molecule has 3 atom stereocenters. The summed E-state index contributed by atoms with van der Waals surface area (Å²) in [4.78, 5) is 36.7. The molecule has 0 aliphatic carbocycles. The molecule has 0 radical (unpaired) electrons. The number of primary amides is 1. The van der Waals surface area contributed by atoms with Crippen LogP contribution < -0.4 is 16.4 Å². The maximum Gasteiger partial charge on any atom is 0.224 e. The van der Waals surface area contributed by atoms with E-state index in [1.807, 2.05) is 18.2 Å². The molecule has 0 saturated carbocycles. The summed E-state index contributed by atoms with van der Waals surface area (Å²) in [6, 6.07) is 16.7. The number of aliphatic hydroxyl groups is 1. The van der Waals surface area contributed by atoms with Gasteiger partial charge in [-0.15, -0.1) is 0 Å². The van der Waals surface area contributed by atoms with Crippen molar-refractivity contribution in [3.63, 3.8) is 0 Å². The van der Waals surface area contributed by atoms with Crippen LogP contribution in [0.15, 0.2) is 66.7 Å². The van der Waals surface area contributed by atoms with Crippen molar-refractivity contribution in [1.82, 2.24) is 10.6 Å². The molecule has 0 heterocycles. The molecule has 0 saturated heterocycles. The molecule has 7 nitrogen and oxygen atoms in total. The van der Waals surface area contributed by atoms with Crippen molar-refractivity contribution in [2.24, 2.45) is 5.73 Å². The van der Waals surface area contributed by atoms with Crippen LogP contribution in [-0.4, -0.2) is 41.4 Å². The Kier molecular flexibility index (Phi) is 11.7. The lowest BCUT2D eigenvalue weighted by molar-refractivity contribution is -0.123. The first kappa shape index (κ1) is 31.6. The van der Waals surface area contributed by atoms with Gasteiger partial charge in [0.1, 0.15) is 11.6 Å². The minimum absolute atomic E-state index is 0.0135. The maximum absolute atomic E-state index is 13.8. The second-order valence-corrected chi connectivity index (χ2v) is 10.2. The van der Waals surface area contributed by atoms with Crippen molar-refractivity contribution >= 4 is 17.6 Å². The molecule has 0 aromatic heterocycles. The molecule has 0 aliphatic rings. The number of nitrogens with two attached hydrogens (primary N) is 1. The van der Waals surface area contributed by atoms with E-state index in [1.165, 1.54) is 12.5 Å². The first-order valence-corrected chi connectivity index (χ1v) is 13.7. The average Bonchev–Trinajstić information content (AvgIpc) is 2.92. The van der Waals surface area contributed by atoms with Crippen molar-refractivity contribution in [3.05, 3.63) is 106 Å². The number of hydrogen-bond acceptors (Lipinski definition) is 5. The van der Waals surface area contributed by atoms with Crippen LogP contribution in [0.3, 0.4) is 0 Å². The van der Waals surface area contributed by atoms with Gasteiger partial charge in [0.15, 0.2) is 5.78 Å². The molecule has 3 aromatic rings. The van der Waals surface area contributed by atoms with Gasteiger partial charge in [-0.1, -0.05) is 55.5 Å². The van der Waals surface area contributed by atoms with Gasteiger partial charge >= 0.3 is 0 Å². The summed E-state index contributed by atoms with van der Waals surface area (Å²) in [5, 5.41) is 16.9. The number of ketones is 1. The fraction of sp³-hybridized carbons (Fsp3) is 0.344. The molecule has 2 amide bonds. The van der Waals surface area contributed by atoms with E-state index in [2.05, 4.69) is 23.6 Å². The van der Waals surface area contributed by atoms with Gasteiger partial charge in [-0.05, 0) is 60.6 Å². The van der Waals surface area contributed by atoms with E-state index in [4.69, 9.17) is 5.73 Å². The largest absolute Gasteiger partial charge is 0.390 e. The van der Waals surface area contributed by atoms with Crippen molar-refractivity contribution in [2.75, 3.05) is 6.54 Å². The van der Waals surface area contributed by atoms with Crippen LogP contribution in [0, 0.1) is 11.6 Å². The number of nitrogens with one attached hydrogen (secondary N) is 2. The Morgan fingerprint density at radius 3 is 2.20 bits per heavy atom. The molecule has 0 fully saturated rings. The van der Waals surface area contributed by atoms with Gasteiger partial charge < -0.3 is 21.5 Å². The highest BCUT2D eigenvalue weighted by Gasteiger charge is 2.24. The van der Waals surface area contributed by atoms with Crippen molar-refractivity contribution < 1.29 is 28.3 Å². The van der Waals surface area contributed by atoms with E-state index in [1.54, 1.807) is 24.3 Å². The molecule has 0 aliphatic heterocycles. The molecule has 218 valence electrons. The Bertz CT molecular complexity index is 1330. The van der Waals surface area contributed by atoms with Gasteiger partial charge in [0, 0.05) is 31.1 Å². The number of halogens is 2. The van der Waals surface area contributed by atoms with Gasteiger partial charge in [0.05, 0.1) is 18.1 Å². The number of rotatable bonds is 15. The molecule has 0 spiro atoms. The number of Topliss-reactive ketones (excluding diaryl/α,β-unsaturated/α-hetero) is 1. The summed E-state index contributed by atoms with van der Waals surface area (Å²) in [6.45, 7) is 4.11.